The van der Waals surface area contributed by atoms with Crippen molar-refractivity contribution in [2.24, 2.45) is 17.8 Å². The predicted octanol–water partition coefficient (Wildman–Crippen LogP) is 4.95. The molecule has 0 unspecified atom stereocenters. The molecule has 4 aliphatic rings. The number of halogens is 1. The summed E-state index contributed by atoms with van der Waals surface area (Å²) >= 11 is 3.56. The van der Waals surface area contributed by atoms with Crippen molar-refractivity contribution in [1.82, 2.24) is 9.97 Å². The van der Waals surface area contributed by atoms with Crippen molar-refractivity contribution in [1.29, 1.82) is 0 Å². The molecule has 6 heteroatoms. The van der Waals surface area contributed by atoms with Crippen LogP contribution in [0.5, 0.6) is 0 Å². The first-order chi connectivity index (χ1) is 12.6. The van der Waals surface area contributed by atoms with Gasteiger partial charge in [-0.3, -0.25) is 0 Å². The Hall–Kier alpha value is -1.82. The van der Waals surface area contributed by atoms with Gasteiger partial charge in [-0.05, 0) is 84.3 Å². The molecule has 2 aromatic rings. The van der Waals surface area contributed by atoms with Gasteiger partial charge in [0, 0.05) is 10.0 Å². The molecule has 0 spiro atoms. The number of nitrogen functional groups attached to an aromatic ring is 1. The van der Waals surface area contributed by atoms with Crippen LogP contribution in [-0.2, 0) is 0 Å². The summed E-state index contributed by atoms with van der Waals surface area (Å²) < 4.78 is 0.980. The van der Waals surface area contributed by atoms with Gasteiger partial charge in [-0.15, -0.1) is 0 Å². The summed E-state index contributed by atoms with van der Waals surface area (Å²) in [5.74, 6) is 4.08. The first-order valence-corrected chi connectivity index (χ1v) is 10.3. The van der Waals surface area contributed by atoms with Crippen LogP contribution in [0.3, 0.4) is 0 Å². The fourth-order valence-electron chi connectivity index (χ4n) is 5.80. The van der Waals surface area contributed by atoms with Gasteiger partial charge in [0.25, 0.3) is 0 Å². The average molecular weight is 414 g/mol. The summed E-state index contributed by atoms with van der Waals surface area (Å²) in [6.07, 6.45) is 9.65. The molecule has 5 nitrogen and oxygen atoms in total. The van der Waals surface area contributed by atoms with Crippen LogP contribution in [0, 0.1) is 17.8 Å². The number of nitrogens with zero attached hydrogens (tertiary/aromatic N) is 2. The minimum atomic E-state index is 0.182. The van der Waals surface area contributed by atoms with Gasteiger partial charge in [-0.25, -0.2) is 9.97 Å². The number of benzene rings is 1. The highest BCUT2D eigenvalue weighted by Crippen LogP contribution is 2.56. The van der Waals surface area contributed by atoms with Crippen LogP contribution in [-0.4, -0.2) is 15.5 Å². The summed E-state index contributed by atoms with van der Waals surface area (Å²) in [6, 6.07) is 7.96. The number of aromatic nitrogens is 2. The maximum absolute atomic E-state index is 6.45. The zero-order valence-electron chi connectivity index (χ0n) is 14.7. The molecule has 0 saturated heterocycles. The van der Waals surface area contributed by atoms with Crippen LogP contribution in [0.4, 0.5) is 23.0 Å². The Morgan fingerprint density at radius 2 is 1.58 bits per heavy atom. The van der Waals surface area contributed by atoms with Crippen molar-refractivity contribution in [2.75, 3.05) is 16.4 Å². The molecule has 0 radical (unpaired) electrons. The third-order valence-corrected chi connectivity index (χ3v) is 7.12. The Labute approximate surface area is 162 Å². The molecule has 6 rings (SSSR count). The number of nitrogens with two attached hydrogens (primary N) is 1. The van der Waals surface area contributed by atoms with Crippen molar-refractivity contribution in [2.45, 2.75) is 44.1 Å². The van der Waals surface area contributed by atoms with Gasteiger partial charge in [-0.2, -0.15) is 0 Å². The van der Waals surface area contributed by atoms with Gasteiger partial charge in [0.2, 0.25) is 0 Å². The second-order valence-electron chi connectivity index (χ2n) is 8.41. The molecule has 4 aliphatic carbocycles. The van der Waals surface area contributed by atoms with Crippen molar-refractivity contribution in [3.8, 4) is 0 Å². The van der Waals surface area contributed by atoms with Crippen LogP contribution < -0.4 is 16.4 Å². The third-order valence-electron chi connectivity index (χ3n) is 6.43. The summed E-state index contributed by atoms with van der Waals surface area (Å²) in [6.45, 7) is 0. The van der Waals surface area contributed by atoms with Gasteiger partial charge in [0.15, 0.2) is 11.6 Å². The molecule has 26 heavy (non-hydrogen) atoms. The smallest absolute Gasteiger partial charge is 0.159 e. The standard InChI is InChI=1S/C20H24BrN5/c21-15-3-1-2-4-16(15)25-18-17(22)19(24-11-23-18)26-20-8-12-5-13(9-20)7-14(6-12)10-20/h1-4,11-14H,5-10,22H2,(H2,23,24,25,26). The average Bonchev–Trinajstić information content (AvgIpc) is 2.59. The molecule has 136 valence electrons. The maximum Gasteiger partial charge on any atom is 0.159 e. The Bertz CT molecular complexity index is 801. The highest BCUT2D eigenvalue weighted by atomic mass is 79.9. The molecule has 0 amide bonds. The lowest BCUT2D eigenvalue weighted by atomic mass is 9.53. The molecule has 4 bridgehead atoms. The Kier molecular flexibility index (Phi) is 3.85. The molecule has 4 saturated carbocycles. The topological polar surface area (TPSA) is 75.9 Å². The quantitative estimate of drug-likeness (QED) is 0.660. The molecule has 1 aromatic carbocycles. The second-order valence-corrected chi connectivity index (χ2v) is 9.27. The molecule has 1 aromatic heterocycles. The van der Waals surface area contributed by atoms with E-state index in [0.29, 0.717) is 11.5 Å². The molecular weight excluding hydrogens is 390 g/mol. The molecule has 4 N–H and O–H groups in total. The normalized spacial score (nSPS) is 31.8. The summed E-state index contributed by atoms with van der Waals surface area (Å²) in [4.78, 5) is 8.84. The lowest BCUT2D eigenvalue weighted by molar-refractivity contribution is 0.0106. The lowest BCUT2D eigenvalue weighted by Crippen LogP contribution is -2.55. The number of hydrogen-bond acceptors (Lipinski definition) is 5. The van der Waals surface area contributed by atoms with Crippen LogP contribution in [0.1, 0.15) is 38.5 Å². The van der Waals surface area contributed by atoms with Gasteiger partial charge in [0.05, 0.1) is 5.69 Å². The van der Waals surface area contributed by atoms with E-state index in [-0.39, 0.29) is 5.54 Å². The molecule has 1 heterocycles. The zero-order valence-corrected chi connectivity index (χ0v) is 16.3. The van der Waals surface area contributed by atoms with E-state index in [0.717, 1.165) is 33.7 Å². The fraction of sp³-hybridized carbons (Fsp3) is 0.500. The van der Waals surface area contributed by atoms with Gasteiger partial charge in [0.1, 0.15) is 12.0 Å². The van der Waals surface area contributed by atoms with Gasteiger partial charge < -0.3 is 16.4 Å². The van der Waals surface area contributed by atoms with Crippen LogP contribution in [0.2, 0.25) is 0 Å². The third kappa shape index (κ3) is 2.84. The van der Waals surface area contributed by atoms with Crippen molar-refractivity contribution >= 4 is 38.9 Å². The van der Waals surface area contributed by atoms with Crippen LogP contribution in [0.25, 0.3) is 0 Å². The van der Waals surface area contributed by atoms with E-state index in [4.69, 9.17) is 5.73 Å². The minimum Gasteiger partial charge on any atom is -0.393 e. The van der Waals surface area contributed by atoms with Gasteiger partial charge >= 0.3 is 0 Å². The number of anilines is 4. The van der Waals surface area contributed by atoms with E-state index in [1.807, 2.05) is 24.3 Å². The number of hydrogen-bond donors (Lipinski definition) is 3. The molecule has 0 aliphatic heterocycles. The van der Waals surface area contributed by atoms with E-state index < -0.39 is 0 Å². The van der Waals surface area contributed by atoms with Gasteiger partial charge in [-0.1, -0.05) is 12.1 Å². The van der Waals surface area contributed by atoms with E-state index in [1.165, 1.54) is 38.5 Å². The van der Waals surface area contributed by atoms with E-state index in [9.17, 15) is 0 Å². The lowest BCUT2D eigenvalue weighted by Gasteiger charge is -2.57. The van der Waals surface area contributed by atoms with Crippen molar-refractivity contribution in [3.05, 3.63) is 35.1 Å². The van der Waals surface area contributed by atoms with E-state index >= 15 is 0 Å². The molecule has 0 atom stereocenters. The van der Waals surface area contributed by atoms with E-state index in [2.05, 4.69) is 36.5 Å². The highest BCUT2D eigenvalue weighted by molar-refractivity contribution is 9.10. The predicted molar refractivity (Wildman–Crippen MR) is 108 cm³/mol. The summed E-state index contributed by atoms with van der Waals surface area (Å²) in [7, 11) is 0. The van der Waals surface area contributed by atoms with Crippen molar-refractivity contribution in [3.63, 3.8) is 0 Å². The maximum atomic E-state index is 6.45. The Morgan fingerprint density at radius 3 is 2.23 bits per heavy atom. The number of rotatable bonds is 4. The largest absolute Gasteiger partial charge is 0.393 e. The Balaban J connectivity index is 1.41. The SMILES string of the molecule is Nc1c(Nc2ccccc2Br)ncnc1NC12CC3CC(CC(C3)C1)C2. The fourth-order valence-corrected chi connectivity index (χ4v) is 6.18. The summed E-state index contributed by atoms with van der Waals surface area (Å²) in [5, 5.41) is 7.09. The van der Waals surface area contributed by atoms with Crippen molar-refractivity contribution < 1.29 is 0 Å². The Morgan fingerprint density at radius 1 is 0.962 bits per heavy atom. The van der Waals surface area contributed by atoms with Crippen LogP contribution in [0.15, 0.2) is 35.1 Å². The zero-order chi connectivity index (χ0) is 17.7. The second kappa shape index (κ2) is 6.12. The number of nitrogens with one attached hydrogen (secondary N) is 2. The van der Waals surface area contributed by atoms with E-state index in [1.54, 1.807) is 6.33 Å². The minimum absolute atomic E-state index is 0.182. The summed E-state index contributed by atoms with van der Waals surface area (Å²) in [5.41, 5.74) is 8.17. The highest BCUT2D eigenvalue weighted by Gasteiger charge is 2.51. The first-order valence-electron chi connectivity index (χ1n) is 9.50. The molecular formula is C20H24BrN5. The molecule has 4 fully saturated rings. The first kappa shape index (κ1) is 16.4. The van der Waals surface area contributed by atoms with Crippen LogP contribution >= 0.6 is 15.9 Å². The monoisotopic (exact) mass is 413 g/mol. The number of para-hydroxylation sites is 1.